The van der Waals surface area contributed by atoms with Crippen molar-refractivity contribution < 1.29 is 9.21 Å². The topological polar surface area (TPSA) is 48.7 Å². The number of carbonyl (C=O) groups excluding carboxylic acids is 1. The minimum Gasteiger partial charge on any atom is -0.468 e. The number of piperazine rings is 1. The molecule has 1 aromatic heterocycles. The zero-order valence-electron chi connectivity index (χ0n) is 16.6. The highest BCUT2D eigenvalue weighted by Gasteiger charge is 2.28. The van der Waals surface area contributed by atoms with E-state index in [0.717, 1.165) is 31.9 Å². The van der Waals surface area contributed by atoms with Gasteiger partial charge in [-0.3, -0.25) is 9.69 Å². The van der Waals surface area contributed by atoms with E-state index in [1.165, 1.54) is 5.69 Å². The summed E-state index contributed by atoms with van der Waals surface area (Å²) in [6.07, 6.45) is 2.24. The van der Waals surface area contributed by atoms with E-state index in [0.29, 0.717) is 13.0 Å². The van der Waals surface area contributed by atoms with Gasteiger partial charge in [0.15, 0.2) is 0 Å². The van der Waals surface area contributed by atoms with Crippen LogP contribution in [0.25, 0.3) is 0 Å². The lowest BCUT2D eigenvalue weighted by molar-refractivity contribution is -0.123. The molecule has 1 amide bonds. The molecular weight excluding hydrogens is 338 g/mol. The molecular formula is C22H31N3O2. The lowest BCUT2D eigenvalue weighted by atomic mass is 9.92. The normalized spacial score (nSPS) is 16.9. The van der Waals surface area contributed by atoms with Crippen molar-refractivity contribution >= 4 is 11.6 Å². The fraction of sp³-hybridized carbons (Fsp3) is 0.500. The van der Waals surface area contributed by atoms with Gasteiger partial charge in [0.2, 0.25) is 5.91 Å². The molecule has 5 heteroatoms. The van der Waals surface area contributed by atoms with Crippen LogP contribution in [0.4, 0.5) is 5.69 Å². The monoisotopic (exact) mass is 369 g/mol. The van der Waals surface area contributed by atoms with Crippen LogP contribution < -0.4 is 10.2 Å². The van der Waals surface area contributed by atoms with Gasteiger partial charge >= 0.3 is 0 Å². The van der Waals surface area contributed by atoms with Crippen molar-refractivity contribution in [1.29, 1.82) is 0 Å². The predicted molar refractivity (Wildman–Crippen MR) is 109 cm³/mol. The summed E-state index contributed by atoms with van der Waals surface area (Å²) in [6.45, 7) is 10.6. The number of furan rings is 1. The van der Waals surface area contributed by atoms with Gasteiger partial charge < -0.3 is 14.6 Å². The second kappa shape index (κ2) is 8.61. The van der Waals surface area contributed by atoms with Crippen molar-refractivity contribution in [2.45, 2.75) is 33.2 Å². The van der Waals surface area contributed by atoms with Gasteiger partial charge in [0, 0.05) is 44.8 Å². The smallest absolute Gasteiger partial charge is 0.220 e. The first-order valence-electron chi connectivity index (χ1n) is 9.76. The fourth-order valence-electron chi connectivity index (χ4n) is 3.58. The molecule has 2 aromatic rings. The van der Waals surface area contributed by atoms with Gasteiger partial charge in [-0.05, 0) is 29.7 Å². The standard InChI is InChI=1S/C22H31N3O2/c1-22(2,3)16-21(26)23-17-19(20-10-7-15-27-20)25-13-11-24(12-14-25)18-8-5-4-6-9-18/h4-10,15,19H,11-14,16-17H2,1-3H3,(H,23,26)/t19-/m1/s1. The summed E-state index contributed by atoms with van der Waals surface area (Å²) in [5.74, 6) is 1.01. The van der Waals surface area contributed by atoms with Crippen molar-refractivity contribution in [1.82, 2.24) is 10.2 Å². The number of para-hydroxylation sites is 1. The first-order valence-corrected chi connectivity index (χ1v) is 9.76. The number of hydrogen-bond donors (Lipinski definition) is 1. The molecule has 1 aliphatic heterocycles. The van der Waals surface area contributed by atoms with Gasteiger partial charge in [0.25, 0.3) is 0 Å². The fourth-order valence-corrected chi connectivity index (χ4v) is 3.58. The van der Waals surface area contributed by atoms with Gasteiger partial charge in [0.05, 0.1) is 12.3 Å². The molecule has 0 aliphatic carbocycles. The molecule has 3 rings (SSSR count). The Kier molecular flexibility index (Phi) is 6.22. The van der Waals surface area contributed by atoms with Crippen molar-refractivity contribution in [3.63, 3.8) is 0 Å². The van der Waals surface area contributed by atoms with Crippen LogP contribution in [-0.4, -0.2) is 43.5 Å². The van der Waals surface area contributed by atoms with Crippen LogP contribution in [-0.2, 0) is 4.79 Å². The van der Waals surface area contributed by atoms with E-state index in [9.17, 15) is 4.79 Å². The van der Waals surface area contributed by atoms with Gasteiger partial charge in [-0.2, -0.15) is 0 Å². The number of hydrogen-bond acceptors (Lipinski definition) is 4. The van der Waals surface area contributed by atoms with E-state index >= 15 is 0 Å². The molecule has 0 bridgehead atoms. The average molecular weight is 370 g/mol. The summed E-state index contributed by atoms with van der Waals surface area (Å²) in [4.78, 5) is 17.1. The maximum atomic E-state index is 12.3. The van der Waals surface area contributed by atoms with E-state index < -0.39 is 0 Å². The molecule has 1 N–H and O–H groups in total. The molecule has 0 spiro atoms. The van der Waals surface area contributed by atoms with Crippen molar-refractivity contribution in [3.8, 4) is 0 Å². The Bertz CT molecular complexity index is 699. The first-order chi connectivity index (χ1) is 12.9. The third-order valence-electron chi connectivity index (χ3n) is 4.93. The van der Waals surface area contributed by atoms with Crippen molar-refractivity contribution in [2.24, 2.45) is 5.41 Å². The molecule has 0 saturated carbocycles. The average Bonchev–Trinajstić information content (AvgIpc) is 3.16. The Hall–Kier alpha value is -2.27. The minimum absolute atomic E-state index is 0.00836. The minimum atomic E-state index is -0.00836. The quantitative estimate of drug-likeness (QED) is 0.844. The molecule has 1 aliphatic rings. The second-order valence-electron chi connectivity index (χ2n) is 8.43. The van der Waals surface area contributed by atoms with Crippen molar-refractivity contribution in [3.05, 3.63) is 54.5 Å². The van der Waals surface area contributed by atoms with E-state index in [4.69, 9.17) is 4.42 Å². The highest BCUT2D eigenvalue weighted by molar-refractivity contribution is 5.76. The largest absolute Gasteiger partial charge is 0.468 e. The molecule has 0 radical (unpaired) electrons. The Balaban J connectivity index is 1.60. The summed E-state index contributed by atoms with van der Waals surface area (Å²) >= 11 is 0. The van der Waals surface area contributed by atoms with Crippen LogP contribution in [0.2, 0.25) is 0 Å². The first kappa shape index (κ1) is 19.5. The Morgan fingerprint density at radius 1 is 1.07 bits per heavy atom. The van der Waals surface area contributed by atoms with E-state index in [-0.39, 0.29) is 17.4 Å². The summed E-state index contributed by atoms with van der Waals surface area (Å²) in [6, 6.07) is 14.5. The molecule has 1 aromatic carbocycles. The van der Waals surface area contributed by atoms with E-state index in [2.05, 4.69) is 60.2 Å². The second-order valence-corrected chi connectivity index (χ2v) is 8.43. The highest BCUT2D eigenvalue weighted by Crippen LogP contribution is 2.25. The highest BCUT2D eigenvalue weighted by atomic mass is 16.3. The number of anilines is 1. The molecule has 5 nitrogen and oxygen atoms in total. The number of benzene rings is 1. The molecule has 0 unspecified atom stereocenters. The van der Waals surface area contributed by atoms with Crippen LogP contribution in [0, 0.1) is 5.41 Å². The third-order valence-corrected chi connectivity index (χ3v) is 4.93. The summed E-state index contributed by atoms with van der Waals surface area (Å²) < 4.78 is 5.69. The number of carbonyl (C=O) groups is 1. The van der Waals surface area contributed by atoms with Crippen LogP contribution in [0.1, 0.15) is 39.0 Å². The molecule has 146 valence electrons. The molecule has 27 heavy (non-hydrogen) atoms. The molecule has 1 saturated heterocycles. The molecule has 2 heterocycles. The Labute approximate surface area is 162 Å². The molecule has 1 atom stereocenters. The molecule has 1 fully saturated rings. The Morgan fingerprint density at radius 2 is 1.78 bits per heavy atom. The maximum Gasteiger partial charge on any atom is 0.220 e. The summed E-state index contributed by atoms with van der Waals surface area (Å²) in [7, 11) is 0. The van der Waals surface area contributed by atoms with Crippen LogP contribution in [0.15, 0.2) is 53.1 Å². The predicted octanol–water partition coefficient (Wildman–Crippen LogP) is 3.70. The van der Waals surface area contributed by atoms with Gasteiger partial charge in [-0.25, -0.2) is 0 Å². The maximum absolute atomic E-state index is 12.3. The van der Waals surface area contributed by atoms with Crippen molar-refractivity contribution in [2.75, 3.05) is 37.6 Å². The zero-order valence-corrected chi connectivity index (χ0v) is 16.6. The summed E-state index contributed by atoms with van der Waals surface area (Å²) in [5, 5.41) is 3.11. The van der Waals surface area contributed by atoms with Crippen LogP contribution >= 0.6 is 0 Å². The number of rotatable bonds is 6. The summed E-state index contributed by atoms with van der Waals surface area (Å²) in [5.41, 5.74) is 1.26. The van der Waals surface area contributed by atoms with E-state index in [1.807, 2.05) is 18.2 Å². The van der Waals surface area contributed by atoms with Gasteiger partial charge in [0.1, 0.15) is 5.76 Å². The number of amides is 1. The number of nitrogens with one attached hydrogen (secondary N) is 1. The van der Waals surface area contributed by atoms with E-state index in [1.54, 1.807) is 6.26 Å². The van der Waals surface area contributed by atoms with Gasteiger partial charge in [-0.1, -0.05) is 39.0 Å². The zero-order chi connectivity index (χ0) is 19.3. The third kappa shape index (κ3) is 5.60. The van der Waals surface area contributed by atoms with Crippen LogP contribution in [0.5, 0.6) is 0 Å². The lowest BCUT2D eigenvalue weighted by Gasteiger charge is -2.39. The lowest BCUT2D eigenvalue weighted by Crippen LogP contribution is -2.50. The van der Waals surface area contributed by atoms with Crippen LogP contribution in [0.3, 0.4) is 0 Å². The SMILES string of the molecule is CC(C)(C)CC(=O)NC[C@H](c1ccco1)N1CCN(c2ccccc2)CC1. The Morgan fingerprint density at radius 3 is 2.37 bits per heavy atom. The van der Waals surface area contributed by atoms with Gasteiger partial charge in [-0.15, -0.1) is 0 Å². The number of nitrogens with zero attached hydrogens (tertiary/aromatic N) is 2.